The van der Waals surface area contributed by atoms with Crippen LogP contribution in [0.3, 0.4) is 0 Å². The van der Waals surface area contributed by atoms with Crippen LogP contribution in [0.2, 0.25) is 0 Å². The van der Waals surface area contributed by atoms with Crippen molar-refractivity contribution in [1.29, 1.82) is 0 Å². The average Bonchev–Trinajstić information content (AvgIpc) is 2.45. The average molecular weight is 335 g/mol. The Morgan fingerprint density at radius 3 is 2.70 bits per heavy atom. The molecule has 0 aliphatic rings. The largest absolute Gasteiger partial charge is 0.485 e. The zero-order valence-electron chi connectivity index (χ0n) is 11.1. The van der Waals surface area contributed by atoms with Crippen molar-refractivity contribution in [2.24, 2.45) is 0 Å². The molecule has 0 bridgehead atoms. The van der Waals surface area contributed by atoms with E-state index in [1.165, 1.54) is 0 Å². The van der Waals surface area contributed by atoms with Crippen molar-refractivity contribution in [3.8, 4) is 5.75 Å². The molecule has 0 saturated carbocycles. The molecular formula is C16H15BrO3. The van der Waals surface area contributed by atoms with Gasteiger partial charge in [-0.25, -0.2) is 0 Å². The van der Waals surface area contributed by atoms with Crippen LogP contribution in [0.15, 0.2) is 53.0 Å². The van der Waals surface area contributed by atoms with E-state index in [9.17, 15) is 4.79 Å². The van der Waals surface area contributed by atoms with Crippen LogP contribution in [0.25, 0.3) is 0 Å². The molecule has 0 N–H and O–H groups in total. The Morgan fingerprint density at radius 2 is 1.95 bits per heavy atom. The molecule has 0 amide bonds. The number of carbonyl (C=O) groups is 1. The van der Waals surface area contributed by atoms with E-state index in [4.69, 9.17) is 9.47 Å². The van der Waals surface area contributed by atoms with Crippen LogP contribution >= 0.6 is 15.9 Å². The van der Waals surface area contributed by atoms with Crippen LogP contribution in [0.4, 0.5) is 0 Å². The Balaban J connectivity index is 1.98. The Bertz CT molecular complexity index is 596. The van der Waals surface area contributed by atoms with Gasteiger partial charge in [-0.3, -0.25) is 4.79 Å². The van der Waals surface area contributed by atoms with E-state index in [2.05, 4.69) is 15.9 Å². The summed E-state index contributed by atoms with van der Waals surface area (Å²) in [7, 11) is 1.64. The minimum Gasteiger partial charge on any atom is -0.485 e. The lowest BCUT2D eigenvalue weighted by atomic mass is 10.1. The van der Waals surface area contributed by atoms with Crippen LogP contribution in [-0.4, -0.2) is 19.5 Å². The number of hydrogen-bond acceptors (Lipinski definition) is 3. The predicted octanol–water partition coefficient (Wildman–Crippen LogP) is 3.86. The van der Waals surface area contributed by atoms with Crippen molar-refractivity contribution in [3.63, 3.8) is 0 Å². The number of ether oxygens (including phenoxy) is 2. The number of methoxy groups -OCH3 is 1. The smallest absolute Gasteiger partial charge is 0.200 e. The Hall–Kier alpha value is -1.65. The first-order valence-corrected chi connectivity index (χ1v) is 6.98. The van der Waals surface area contributed by atoms with E-state index in [0.717, 1.165) is 10.0 Å². The van der Waals surface area contributed by atoms with E-state index in [1.807, 2.05) is 36.4 Å². The number of benzene rings is 2. The lowest BCUT2D eigenvalue weighted by Crippen LogP contribution is -2.11. The molecule has 2 aromatic carbocycles. The van der Waals surface area contributed by atoms with Gasteiger partial charge < -0.3 is 9.47 Å². The first kappa shape index (κ1) is 14.8. The fourth-order valence-corrected chi connectivity index (χ4v) is 2.19. The summed E-state index contributed by atoms with van der Waals surface area (Å²) in [5.74, 6) is 0.617. The van der Waals surface area contributed by atoms with E-state index < -0.39 is 0 Å². The van der Waals surface area contributed by atoms with Gasteiger partial charge in [0.05, 0.1) is 6.61 Å². The number of halogens is 1. The first-order chi connectivity index (χ1) is 9.69. The second-order valence-electron chi connectivity index (χ2n) is 4.30. The summed E-state index contributed by atoms with van der Waals surface area (Å²) in [5.41, 5.74) is 1.65. The zero-order valence-corrected chi connectivity index (χ0v) is 12.7. The number of Topliss-reactive ketones (excluding diaryl/α,β-unsaturated/α-hetero) is 1. The molecule has 2 aromatic rings. The Kier molecular flexibility index (Phi) is 5.32. The van der Waals surface area contributed by atoms with Gasteiger partial charge in [-0.2, -0.15) is 0 Å². The summed E-state index contributed by atoms with van der Waals surface area (Å²) in [6.07, 6.45) is 0. The minimum absolute atomic E-state index is 0.0207. The van der Waals surface area contributed by atoms with Crippen LogP contribution in [0, 0.1) is 0 Å². The third-order valence-corrected chi connectivity index (χ3v) is 3.22. The van der Waals surface area contributed by atoms with Gasteiger partial charge in [0.2, 0.25) is 0 Å². The molecule has 0 radical (unpaired) electrons. The third-order valence-electron chi connectivity index (χ3n) is 2.73. The Morgan fingerprint density at radius 1 is 1.15 bits per heavy atom. The van der Waals surface area contributed by atoms with E-state index in [-0.39, 0.29) is 12.4 Å². The molecule has 0 aromatic heterocycles. The molecule has 0 heterocycles. The summed E-state index contributed by atoms with van der Waals surface area (Å²) in [5, 5.41) is 0. The maximum atomic E-state index is 12.0. The number of rotatable bonds is 6. The van der Waals surface area contributed by atoms with E-state index in [0.29, 0.717) is 17.9 Å². The number of hydrogen-bond donors (Lipinski definition) is 0. The molecule has 0 aliphatic heterocycles. The molecule has 20 heavy (non-hydrogen) atoms. The topological polar surface area (TPSA) is 35.5 Å². The first-order valence-electron chi connectivity index (χ1n) is 6.18. The van der Waals surface area contributed by atoms with Gasteiger partial charge in [0, 0.05) is 17.1 Å². The minimum atomic E-state index is -0.0524. The van der Waals surface area contributed by atoms with Crippen molar-refractivity contribution in [3.05, 3.63) is 64.1 Å². The summed E-state index contributed by atoms with van der Waals surface area (Å²) >= 11 is 3.35. The summed E-state index contributed by atoms with van der Waals surface area (Å²) < 4.78 is 11.5. The molecule has 3 nitrogen and oxygen atoms in total. The van der Waals surface area contributed by atoms with Gasteiger partial charge >= 0.3 is 0 Å². The molecule has 104 valence electrons. The molecule has 4 heteroatoms. The Labute approximate surface area is 126 Å². The fourth-order valence-electron chi connectivity index (χ4n) is 1.79. The zero-order chi connectivity index (χ0) is 14.4. The van der Waals surface area contributed by atoms with Gasteiger partial charge in [-0.05, 0) is 29.8 Å². The van der Waals surface area contributed by atoms with Gasteiger partial charge in [-0.1, -0.05) is 40.2 Å². The van der Waals surface area contributed by atoms with Gasteiger partial charge in [0.25, 0.3) is 0 Å². The van der Waals surface area contributed by atoms with Crippen molar-refractivity contribution < 1.29 is 14.3 Å². The number of carbonyl (C=O) groups excluding carboxylic acids is 1. The van der Waals surface area contributed by atoms with Crippen molar-refractivity contribution in [2.75, 3.05) is 13.7 Å². The highest BCUT2D eigenvalue weighted by Crippen LogP contribution is 2.16. The SMILES string of the molecule is COCc1cccc(OCC(=O)c2cccc(Br)c2)c1. The van der Waals surface area contributed by atoms with Crippen molar-refractivity contribution >= 4 is 21.7 Å². The number of ketones is 1. The molecular weight excluding hydrogens is 320 g/mol. The third kappa shape index (κ3) is 4.18. The fraction of sp³-hybridized carbons (Fsp3) is 0.188. The lowest BCUT2D eigenvalue weighted by Gasteiger charge is -2.07. The maximum absolute atomic E-state index is 12.0. The molecule has 0 saturated heterocycles. The highest BCUT2D eigenvalue weighted by Gasteiger charge is 2.07. The quantitative estimate of drug-likeness (QED) is 0.752. The van der Waals surface area contributed by atoms with E-state index >= 15 is 0 Å². The lowest BCUT2D eigenvalue weighted by molar-refractivity contribution is 0.0921. The predicted molar refractivity (Wildman–Crippen MR) is 81.1 cm³/mol. The maximum Gasteiger partial charge on any atom is 0.200 e. The van der Waals surface area contributed by atoms with Crippen molar-refractivity contribution in [1.82, 2.24) is 0 Å². The second kappa shape index (κ2) is 7.22. The van der Waals surface area contributed by atoms with Crippen molar-refractivity contribution in [2.45, 2.75) is 6.61 Å². The normalized spacial score (nSPS) is 10.3. The molecule has 0 atom stereocenters. The second-order valence-corrected chi connectivity index (χ2v) is 5.22. The summed E-state index contributed by atoms with van der Waals surface area (Å²) in [4.78, 5) is 12.0. The van der Waals surface area contributed by atoms with Crippen LogP contribution in [0.1, 0.15) is 15.9 Å². The standard InChI is InChI=1S/C16H15BrO3/c1-19-10-12-4-2-7-15(8-12)20-11-16(18)13-5-3-6-14(17)9-13/h2-9H,10-11H2,1H3. The highest BCUT2D eigenvalue weighted by atomic mass is 79.9. The van der Waals surface area contributed by atoms with Crippen LogP contribution in [0.5, 0.6) is 5.75 Å². The van der Waals surface area contributed by atoms with Gasteiger partial charge in [0.1, 0.15) is 5.75 Å². The summed E-state index contributed by atoms with van der Waals surface area (Å²) in [6.45, 7) is 0.545. The van der Waals surface area contributed by atoms with E-state index in [1.54, 1.807) is 19.2 Å². The highest BCUT2D eigenvalue weighted by molar-refractivity contribution is 9.10. The molecule has 0 unspecified atom stereocenters. The van der Waals surface area contributed by atoms with Gasteiger partial charge in [0.15, 0.2) is 12.4 Å². The molecule has 0 fully saturated rings. The van der Waals surface area contributed by atoms with Crippen LogP contribution in [-0.2, 0) is 11.3 Å². The van der Waals surface area contributed by atoms with Gasteiger partial charge in [-0.15, -0.1) is 0 Å². The monoisotopic (exact) mass is 334 g/mol. The van der Waals surface area contributed by atoms with Crippen LogP contribution < -0.4 is 4.74 Å². The molecule has 0 spiro atoms. The molecule has 0 aliphatic carbocycles. The molecule has 2 rings (SSSR count). The summed E-state index contributed by atoms with van der Waals surface area (Å²) in [6, 6.07) is 14.8.